The summed E-state index contributed by atoms with van der Waals surface area (Å²) in [7, 11) is 1.57. The molecule has 0 aliphatic heterocycles. The highest BCUT2D eigenvalue weighted by atomic mass is 16.5. The van der Waals surface area contributed by atoms with Gasteiger partial charge in [-0.2, -0.15) is 0 Å². The first-order valence-corrected chi connectivity index (χ1v) is 5.47. The van der Waals surface area contributed by atoms with Crippen LogP contribution in [0.5, 0.6) is 11.5 Å². The summed E-state index contributed by atoms with van der Waals surface area (Å²) in [6.45, 7) is 2.78. The molecule has 0 aliphatic rings. The number of carbonyl (C=O) groups is 1. The summed E-state index contributed by atoms with van der Waals surface area (Å²) in [6.07, 6.45) is 0. The maximum absolute atomic E-state index is 11.3. The number of methoxy groups -OCH3 is 1. The number of hydrogen-bond acceptors (Lipinski definition) is 4. The minimum Gasteiger partial charge on any atom is -0.497 e. The lowest BCUT2D eigenvalue weighted by Crippen LogP contribution is -2.28. The smallest absolute Gasteiger partial charge is 0.257 e. The van der Waals surface area contributed by atoms with Gasteiger partial charge >= 0.3 is 0 Å². The van der Waals surface area contributed by atoms with Crippen molar-refractivity contribution in [3.05, 3.63) is 23.8 Å². The minimum atomic E-state index is -0.154. The van der Waals surface area contributed by atoms with E-state index >= 15 is 0 Å². The molecule has 5 heteroatoms. The fourth-order valence-electron chi connectivity index (χ4n) is 1.36. The van der Waals surface area contributed by atoms with Crippen LogP contribution < -0.4 is 20.5 Å². The Balaban J connectivity index is 2.70. The van der Waals surface area contributed by atoms with Crippen molar-refractivity contribution in [3.63, 3.8) is 0 Å². The molecule has 17 heavy (non-hydrogen) atoms. The number of rotatable bonds is 6. The lowest BCUT2D eigenvalue weighted by Gasteiger charge is -2.11. The molecule has 0 aliphatic carbocycles. The molecule has 1 amide bonds. The summed E-state index contributed by atoms with van der Waals surface area (Å²) in [5.41, 5.74) is 6.43. The van der Waals surface area contributed by atoms with Crippen LogP contribution in [0.2, 0.25) is 0 Å². The zero-order chi connectivity index (χ0) is 12.7. The lowest BCUT2D eigenvalue weighted by molar-refractivity contribution is -0.122. The molecule has 5 nitrogen and oxygen atoms in total. The Morgan fingerprint density at radius 2 is 2.24 bits per heavy atom. The molecule has 1 rings (SSSR count). The Hall–Kier alpha value is -1.75. The summed E-state index contributed by atoms with van der Waals surface area (Å²) >= 11 is 0. The van der Waals surface area contributed by atoms with Gasteiger partial charge in [0, 0.05) is 24.7 Å². The van der Waals surface area contributed by atoms with Gasteiger partial charge in [-0.1, -0.05) is 6.07 Å². The van der Waals surface area contributed by atoms with E-state index in [4.69, 9.17) is 15.2 Å². The Bertz CT molecular complexity index is 380. The second kappa shape index (κ2) is 6.75. The first kappa shape index (κ1) is 13.3. The third-order valence-corrected chi connectivity index (χ3v) is 2.23. The molecule has 94 valence electrons. The second-order valence-corrected chi connectivity index (χ2v) is 3.42. The van der Waals surface area contributed by atoms with E-state index in [9.17, 15) is 4.79 Å². The van der Waals surface area contributed by atoms with Gasteiger partial charge in [-0.05, 0) is 13.0 Å². The van der Waals surface area contributed by atoms with Crippen LogP contribution in [0.15, 0.2) is 18.2 Å². The molecular weight excluding hydrogens is 220 g/mol. The quantitative estimate of drug-likeness (QED) is 0.764. The van der Waals surface area contributed by atoms with Crippen LogP contribution in [0.25, 0.3) is 0 Å². The van der Waals surface area contributed by atoms with E-state index < -0.39 is 0 Å². The summed E-state index contributed by atoms with van der Waals surface area (Å²) < 4.78 is 10.5. The van der Waals surface area contributed by atoms with Crippen molar-refractivity contribution in [2.45, 2.75) is 13.5 Å². The Morgan fingerprint density at radius 1 is 1.47 bits per heavy atom. The van der Waals surface area contributed by atoms with Crippen LogP contribution in [0.4, 0.5) is 0 Å². The van der Waals surface area contributed by atoms with Gasteiger partial charge in [0.25, 0.3) is 5.91 Å². The third-order valence-electron chi connectivity index (χ3n) is 2.23. The molecule has 0 bridgehead atoms. The van der Waals surface area contributed by atoms with Gasteiger partial charge in [0.15, 0.2) is 6.61 Å². The second-order valence-electron chi connectivity index (χ2n) is 3.42. The van der Waals surface area contributed by atoms with Gasteiger partial charge in [0.05, 0.1) is 7.11 Å². The summed E-state index contributed by atoms with van der Waals surface area (Å²) in [5, 5.41) is 2.66. The molecule has 0 fully saturated rings. The van der Waals surface area contributed by atoms with Gasteiger partial charge in [-0.15, -0.1) is 0 Å². The molecule has 0 saturated heterocycles. The van der Waals surface area contributed by atoms with E-state index in [0.29, 0.717) is 24.6 Å². The van der Waals surface area contributed by atoms with Gasteiger partial charge in [0.1, 0.15) is 11.5 Å². The fraction of sp³-hybridized carbons (Fsp3) is 0.417. The molecule has 0 radical (unpaired) electrons. The van der Waals surface area contributed by atoms with E-state index in [2.05, 4.69) is 5.32 Å². The van der Waals surface area contributed by atoms with Gasteiger partial charge in [-0.3, -0.25) is 4.79 Å². The Morgan fingerprint density at radius 3 is 2.82 bits per heavy atom. The highest BCUT2D eigenvalue weighted by Gasteiger charge is 2.07. The van der Waals surface area contributed by atoms with Crippen LogP contribution >= 0.6 is 0 Å². The highest BCUT2D eigenvalue weighted by Crippen LogP contribution is 2.24. The number of ether oxygens (including phenoxy) is 2. The largest absolute Gasteiger partial charge is 0.497 e. The molecule has 0 saturated carbocycles. The molecule has 3 N–H and O–H groups in total. The fourth-order valence-corrected chi connectivity index (χ4v) is 1.36. The summed E-state index contributed by atoms with van der Waals surface area (Å²) in [4.78, 5) is 11.3. The number of nitrogens with one attached hydrogen (secondary N) is 1. The first-order valence-electron chi connectivity index (χ1n) is 5.47. The number of nitrogens with two attached hydrogens (primary N) is 1. The normalized spacial score (nSPS) is 9.82. The molecule has 1 aromatic rings. The van der Waals surface area contributed by atoms with Crippen molar-refractivity contribution in [1.82, 2.24) is 5.32 Å². The zero-order valence-corrected chi connectivity index (χ0v) is 10.2. The van der Waals surface area contributed by atoms with Gasteiger partial charge in [0.2, 0.25) is 0 Å². The van der Waals surface area contributed by atoms with Crippen LogP contribution in [0, 0.1) is 0 Å². The predicted molar refractivity (Wildman–Crippen MR) is 65.1 cm³/mol. The van der Waals surface area contributed by atoms with E-state index in [-0.39, 0.29) is 12.5 Å². The average molecular weight is 238 g/mol. The van der Waals surface area contributed by atoms with Gasteiger partial charge < -0.3 is 20.5 Å². The average Bonchev–Trinajstić information content (AvgIpc) is 2.36. The molecule has 0 heterocycles. The maximum atomic E-state index is 11.3. The van der Waals surface area contributed by atoms with Crippen molar-refractivity contribution in [2.24, 2.45) is 5.73 Å². The number of hydrogen-bond donors (Lipinski definition) is 2. The Labute approximate surface area is 101 Å². The van der Waals surface area contributed by atoms with Crippen molar-refractivity contribution in [2.75, 3.05) is 20.3 Å². The number of benzene rings is 1. The van der Waals surface area contributed by atoms with E-state index in [1.807, 2.05) is 13.0 Å². The summed E-state index contributed by atoms with van der Waals surface area (Å²) in [5.74, 6) is 1.10. The van der Waals surface area contributed by atoms with Crippen molar-refractivity contribution < 1.29 is 14.3 Å². The Kier molecular flexibility index (Phi) is 5.29. The molecule has 0 atom stereocenters. The van der Waals surface area contributed by atoms with Crippen molar-refractivity contribution in [1.29, 1.82) is 0 Å². The maximum Gasteiger partial charge on any atom is 0.257 e. The third kappa shape index (κ3) is 3.96. The van der Waals surface area contributed by atoms with E-state index in [1.54, 1.807) is 19.2 Å². The van der Waals surface area contributed by atoms with E-state index in [1.165, 1.54) is 0 Å². The standard InChI is InChI=1S/C12H18N2O3/c1-3-14-12(15)8-17-11-6-10(16-2)5-4-9(11)7-13/h4-6H,3,7-8,13H2,1-2H3,(H,14,15). The predicted octanol–water partition coefficient (Wildman–Crippen LogP) is 0.669. The van der Waals surface area contributed by atoms with Crippen molar-refractivity contribution >= 4 is 5.91 Å². The highest BCUT2D eigenvalue weighted by molar-refractivity contribution is 5.77. The topological polar surface area (TPSA) is 73.6 Å². The summed E-state index contributed by atoms with van der Waals surface area (Å²) in [6, 6.07) is 5.36. The van der Waals surface area contributed by atoms with Crippen molar-refractivity contribution in [3.8, 4) is 11.5 Å². The first-order chi connectivity index (χ1) is 8.21. The SMILES string of the molecule is CCNC(=O)COc1cc(OC)ccc1CN. The van der Waals surface area contributed by atoms with Gasteiger partial charge in [-0.25, -0.2) is 0 Å². The lowest BCUT2D eigenvalue weighted by atomic mass is 10.2. The molecule has 0 spiro atoms. The number of carbonyl (C=O) groups excluding carboxylic acids is 1. The van der Waals surface area contributed by atoms with Crippen LogP contribution in [-0.4, -0.2) is 26.2 Å². The molecule has 0 aromatic heterocycles. The number of likely N-dealkylation sites (N-methyl/N-ethyl adjacent to an activating group) is 1. The van der Waals surface area contributed by atoms with Crippen LogP contribution in [0.1, 0.15) is 12.5 Å². The molecule has 0 unspecified atom stereocenters. The van der Waals surface area contributed by atoms with E-state index in [0.717, 1.165) is 5.56 Å². The molecule has 1 aromatic carbocycles. The minimum absolute atomic E-state index is 0.0198. The zero-order valence-electron chi connectivity index (χ0n) is 10.2. The number of amides is 1. The van der Waals surface area contributed by atoms with Crippen LogP contribution in [-0.2, 0) is 11.3 Å². The monoisotopic (exact) mass is 238 g/mol. The molecular formula is C12H18N2O3. The van der Waals surface area contributed by atoms with Crippen LogP contribution in [0.3, 0.4) is 0 Å².